The van der Waals surface area contributed by atoms with Crippen molar-refractivity contribution in [2.75, 3.05) is 36.0 Å². The average molecular weight is 539 g/mol. The molecule has 0 unspecified atom stereocenters. The van der Waals surface area contributed by atoms with Crippen molar-refractivity contribution < 1.29 is 4.79 Å². The summed E-state index contributed by atoms with van der Waals surface area (Å²) in [6.45, 7) is 3.64. The molecule has 1 fully saturated rings. The number of hydrogen-bond donors (Lipinski definition) is 0. The third kappa shape index (κ3) is 4.91. The summed E-state index contributed by atoms with van der Waals surface area (Å²) < 4.78 is 1.98. The second kappa shape index (κ2) is 10.5. The molecule has 0 amide bonds. The Labute approximate surface area is 238 Å². The summed E-state index contributed by atoms with van der Waals surface area (Å²) in [4.78, 5) is 31.6. The van der Waals surface area contributed by atoms with E-state index in [0.29, 0.717) is 6.42 Å². The van der Waals surface area contributed by atoms with E-state index in [1.54, 1.807) is 0 Å². The molecule has 1 aliphatic rings. The standard InChI is InChI=1S/C34H30N6O/c1-38-31-5-3-2-4-27(31)22-32(38)33(41)20-24-6-8-25(9-7-24)26-10-11-29-30(21-26)37-34(23-36-29)40-18-16-39(17-19-40)28-12-14-35-15-13-28/h2-15,21-23H,16-20H2,1H3. The Balaban J connectivity index is 1.06. The van der Waals surface area contributed by atoms with E-state index < -0.39 is 0 Å². The second-order valence-electron chi connectivity index (χ2n) is 10.6. The number of hydrogen-bond acceptors (Lipinski definition) is 6. The van der Waals surface area contributed by atoms with Gasteiger partial charge in [0, 0.05) is 68.6 Å². The van der Waals surface area contributed by atoms with Crippen LogP contribution in [0.4, 0.5) is 11.5 Å². The minimum Gasteiger partial charge on any atom is -0.368 e. The van der Waals surface area contributed by atoms with Crippen LogP contribution in [-0.2, 0) is 13.5 Å². The number of anilines is 2. The predicted molar refractivity (Wildman–Crippen MR) is 165 cm³/mol. The molecule has 1 aliphatic heterocycles. The molecule has 3 aromatic carbocycles. The van der Waals surface area contributed by atoms with E-state index in [9.17, 15) is 4.79 Å². The third-order valence-corrected chi connectivity index (χ3v) is 8.05. The van der Waals surface area contributed by atoms with Gasteiger partial charge in [0.2, 0.25) is 0 Å². The van der Waals surface area contributed by atoms with Gasteiger partial charge in [-0.25, -0.2) is 4.98 Å². The largest absolute Gasteiger partial charge is 0.368 e. The van der Waals surface area contributed by atoms with Gasteiger partial charge >= 0.3 is 0 Å². The van der Waals surface area contributed by atoms with Crippen LogP contribution in [0.2, 0.25) is 0 Å². The van der Waals surface area contributed by atoms with Gasteiger partial charge in [0.15, 0.2) is 5.78 Å². The number of fused-ring (bicyclic) bond motifs is 2. The molecule has 7 heteroatoms. The lowest BCUT2D eigenvalue weighted by Gasteiger charge is -2.36. The summed E-state index contributed by atoms with van der Waals surface area (Å²) in [6, 6.07) is 28.7. The molecule has 0 aliphatic carbocycles. The first kappa shape index (κ1) is 25.0. The Kier molecular flexibility index (Phi) is 6.39. The minimum absolute atomic E-state index is 0.117. The molecule has 202 valence electrons. The summed E-state index contributed by atoms with van der Waals surface area (Å²) in [5, 5.41) is 1.09. The number of rotatable bonds is 6. The number of aryl methyl sites for hydroxylation is 1. The Hall–Kier alpha value is -5.04. The van der Waals surface area contributed by atoms with E-state index in [1.165, 1.54) is 5.69 Å². The maximum absolute atomic E-state index is 13.1. The van der Waals surface area contributed by atoms with Gasteiger partial charge in [0.1, 0.15) is 5.82 Å². The molecule has 7 nitrogen and oxygen atoms in total. The minimum atomic E-state index is 0.117. The van der Waals surface area contributed by atoms with Gasteiger partial charge in [0.25, 0.3) is 0 Å². The van der Waals surface area contributed by atoms with Crippen LogP contribution < -0.4 is 9.80 Å². The van der Waals surface area contributed by atoms with Crippen LogP contribution >= 0.6 is 0 Å². The summed E-state index contributed by atoms with van der Waals surface area (Å²) in [5.41, 5.74) is 7.94. The van der Waals surface area contributed by atoms with E-state index in [-0.39, 0.29) is 5.78 Å². The fraction of sp³-hybridized carbons (Fsp3) is 0.176. The smallest absolute Gasteiger partial charge is 0.183 e. The van der Waals surface area contributed by atoms with Crippen LogP contribution in [-0.4, -0.2) is 51.5 Å². The number of aromatic nitrogens is 4. The van der Waals surface area contributed by atoms with Crippen LogP contribution in [0, 0.1) is 0 Å². The summed E-state index contributed by atoms with van der Waals surface area (Å²) >= 11 is 0. The number of carbonyl (C=O) groups excluding carboxylic acids is 1. The molecule has 4 heterocycles. The maximum atomic E-state index is 13.1. The highest BCUT2D eigenvalue weighted by Crippen LogP contribution is 2.26. The van der Waals surface area contributed by atoms with Gasteiger partial charge in [0.05, 0.1) is 22.9 Å². The SMILES string of the molecule is Cn1c(C(=O)Cc2ccc(-c3ccc4ncc(N5CCN(c6ccncc6)CC5)nc4c3)cc2)cc2ccccc21. The second-order valence-corrected chi connectivity index (χ2v) is 10.6. The highest BCUT2D eigenvalue weighted by Gasteiger charge is 2.19. The van der Waals surface area contributed by atoms with Crippen molar-refractivity contribution in [3.63, 3.8) is 0 Å². The van der Waals surface area contributed by atoms with Gasteiger partial charge in [-0.05, 0) is 53.1 Å². The quantitative estimate of drug-likeness (QED) is 0.245. The first-order chi connectivity index (χ1) is 20.1. The Morgan fingerprint density at radius 3 is 2.29 bits per heavy atom. The van der Waals surface area contributed by atoms with E-state index in [4.69, 9.17) is 9.97 Å². The molecule has 0 bridgehead atoms. The highest BCUT2D eigenvalue weighted by molar-refractivity contribution is 6.01. The number of Topliss-reactive ketones (excluding diaryl/α,β-unsaturated/α-hetero) is 1. The molecule has 0 radical (unpaired) electrons. The van der Waals surface area contributed by atoms with Gasteiger partial charge in [-0.1, -0.05) is 48.5 Å². The Morgan fingerprint density at radius 2 is 1.51 bits per heavy atom. The third-order valence-electron chi connectivity index (χ3n) is 8.05. The number of piperazine rings is 1. The van der Waals surface area contributed by atoms with Gasteiger partial charge in [-0.15, -0.1) is 0 Å². The number of benzene rings is 3. The fourth-order valence-corrected chi connectivity index (χ4v) is 5.73. The van der Waals surface area contributed by atoms with Gasteiger partial charge < -0.3 is 14.4 Å². The van der Waals surface area contributed by atoms with Crippen LogP contribution in [0.25, 0.3) is 33.1 Å². The van der Waals surface area contributed by atoms with Crippen molar-refractivity contribution in [3.8, 4) is 11.1 Å². The predicted octanol–water partition coefficient (Wildman–Crippen LogP) is 5.94. The zero-order chi connectivity index (χ0) is 27.8. The van der Waals surface area contributed by atoms with E-state index in [0.717, 1.165) is 76.3 Å². The van der Waals surface area contributed by atoms with Crippen LogP contribution in [0.5, 0.6) is 0 Å². The zero-order valence-corrected chi connectivity index (χ0v) is 22.9. The van der Waals surface area contributed by atoms with Crippen molar-refractivity contribution in [3.05, 3.63) is 115 Å². The molecule has 0 N–H and O–H groups in total. The molecule has 0 spiro atoms. The van der Waals surface area contributed by atoms with Crippen molar-refractivity contribution in [1.82, 2.24) is 19.5 Å². The molecule has 6 aromatic rings. The van der Waals surface area contributed by atoms with E-state index in [2.05, 4.69) is 51.2 Å². The van der Waals surface area contributed by atoms with Crippen molar-refractivity contribution in [2.24, 2.45) is 7.05 Å². The van der Waals surface area contributed by atoms with E-state index in [1.807, 2.05) is 78.7 Å². The van der Waals surface area contributed by atoms with Crippen LogP contribution in [0.15, 0.2) is 104 Å². The number of ketones is 1. The average Bonchev–Trinajstić information content (AvgIpc) is 3.38. The van der Waals surface area contributed by atoms with Crippen molar-refractivity contribution in [1.29, 1.82) is 0 Å². The van der Waals surface area contributed by atoms with Gasteiger partial charge in [-0.2, -0.15) is 0 Å². The number of pyridine rings is 1. The molecule has 0 saturated carbocycles. The molecular weight excluding hydrogens is 508 g/mol. The van der Waals surface area contributed by atoms with Crippen molar-refractivity contribution in [2.45, 2.75) is 6.42 Å². The first-order valence-electron chi connectivity index (χ1n) is 14.0. The molecule has 0 atom stereocenters. The lowest BCUT2D eigenvalue weighted by Crippen LogP contribution is -2.46. The van der Waals surface area contributed by atoms with E-state index >= 15 is 0 Å². The summed E-state index contributed by atoms with van der Waals surface area (Å²) in [6.07, 6.45) is 5.93. The Morgan fingerprint density at radius 1 is 0.780 bits per heavy atom. The topological polar surface area (TPSA) is 67.2 Å². The molecule has 3 aromatic heterocycles. The lowest BCUT2D eigenvalue weighted by molar-refractivity contribution is 0.0985. The van der Waals surface area contributed by atoms with Gasteiger partial charge in [-0.3, -0.25) is 14.8 Å². The number of nitrogens with zero attached hydrogens (tertiary/aromatic N) is 6. The number of carbonyl (C=O) groups is 1. The fourth-order valence-electron chi connectivity index (χ4n) is 5.73. The summed E-state index contributed by atoms with van der Waals surface area (Å²) in [5.74, 6) is 1.03. The lowest BCUT2D eigenvalue weighted by atomic mass is 10.0. The molecular formula is C34H30N6O. The Bertz CT molecular complexity index is 1850. The first-order valence-corrected chi connectivity index (χ1v) is 14.0. The molecule has 1 saturated heterocycles. The monoisotopic (exact) mass is 538 g/mol. The maximum Gasteiger partial charge on any atom is 0.183 e. The zero-order valence-electron chi connectivity index (χ0n) is 22.9. The van der Waals surface area contributed by atoms with Crippen molar-refractivity contribution >= 4 is 39.2 Å². The molecule has 7 rings (SSSR count). The normalized spacial score (nSPS) is 13.7. The van der Waals surface area contributed by atoms with Crippen LogP contribution in [0.1, 0.15) is 16.1 Å². The summed E-state index contributed by atoms with van der Waals surface area (Å²) in [7, 11) is 1.95. The molecule has 41 heavy (non-hydrogen) atoms. The number of para-hydroxylation sites is 1. The highest BCUT2D eigenvalue weighted by atomic mass is 16.1. The van der Waals surface area contributed by atoms with Crippen LogP contribution in [0.3, 0.4) is 0 Å².